The zero-order valence-electron chi connectivity index (χ0n) is 19.7. The van der Waals surface area contributed by atoms with Crippen molar-refractivity contribution in [2.24, 2.45) is 0 Å². The molecule has 5 nitrogen and oxygen atoms in total. The first kappa shape index (κ1) is 25.1. The summed E-state index contributed by atoms with van der Waals surface area (Å²) in [6, 6.07) is 11.0. The van der Waals surface area contributed by atoms with Gasteiger partial charge in [-0.25, -0.2) is 8.78 Å². The van der Waals surface area contributed by atoms with Gasteiger partial charge in [-0.05, 0) is 54.7 Å². The van der Waals surface area contributed by atoms with Gasteiger partial charge in [-0.1, -0.05) is 31.4 Å². The summed E-state index contributed by atoms with van der Waals surface area (Å²) >= 11 is 0. The molecule has 2 unspecified atom stereocenters. The SMILES string of the molecule is CC(=O)NC(Cc1cc(F)cc(F)c1)C(O)CNC1(c2cccc(N(C)C)c2)CCCCC1. The monoisotopic (exact) mass is 459 g/mol. The molecule has 1 aliphatic carbocycles. The molecule has 2 aromatic carbocycles. The predicted octanol–water partition coefficient (Wildman–Crippen LogP) is 3.89. The minimum Gasteiger partial charge on any atom is -0.390 e. The lowest BCUT2D eigenvalue weighted by Crippen LogP contribution is -2.53. The summed E-state index contributed by atoms with van der Waals surface area (Å²) in [7, 11) is 4.02. The zero-order valence-corrected chi connectivity index (χ0v) is 19.7. The van der Waals surface area contributed by atoms with Crippen LogP contribution in [-0.4, -0.2) is 43.8 Å². The Balaban J connectivity index is 1.78. The van der Waals surface area contributed by atoms with E-state index in [4.69, 9.17) is 0 Å². The van der Waals surface area contributed by atoms with Gasteiger partial charge in [-0.3, -0.25) is 4.79 Å². The second kappa shape index (κ2) is 11.1. The minimum absolute atomic E-state index is 0.125. The Hall–Kier alpha value is -2.51. The molecule has 2 atom stereocenters. The Morgan fingerprint density at radius 2 is 1.76 bits per heavy atom. The van der Waals surface area contributed by atoms with Crippen LogP contribution in [0.5, 0.6) is 0 Å². The lowest BCUT2D eigenvalue weighted by molar-refractivity contribution is -0.120. The number of rotatable bonds is 9. The van der Waals surface area contributed by atoms with E-state index >= 15 is 0 Å². The van der Waals surface area contributed by atoms with Crippen LogP contribution in [0, 0.1) is 11.6 Å². The second-order valence-corrected chi connectivity index (χ2v) is 9.32. The average molecular weight is 460 g/mol. The van der Waals surface area contributed by atoms with E-state index in [1.807, 2.05) is 14.1 Å². The van der Waals surface area contributed by atoms with Crippen molar-refractivity contribution in [1.82, 2.24) is 10.6 Å². The van der Waals surface area contributed by atoms with Crippen LogP contribution in [0.15, 0.2) is 42.5 Å². The molecule has 33 heavy (non-hydrogen) atoms. The third kappa shape index (κ3) is 6.74. The molecule has 0 aromatic heterocycles. The topological polar surface area (TPSA) is 64.6 Å². The highest BCUT2D eigenvalue weighted by atomic mass is 19.1. The van der Waals surface area contributed by atoms with Crippen molar-refractivity contribution >= 4 is 11.6 Å². The number of halogens is 2. The van der Waals surface area contributed by atoms with Gasteiger partial charge in [0.1, 0.15) is 11.6 Å². The number of carbonyl (C=O) groups excluding carboxylic acids is 1. The van der Waals surface area contributed by atoms with E-state index in [2.05, 4.69) is 39.8 Å². The maximum Gasteiger partial charge on any atom is 0.217 e. The summed E-state index contributed by atoms with van der Waals surface area (Å²) in [5.41, 5.74) is 2.42. The molecule has 3 N–H and O–H groups in total. The van der Waals surface area contributed by atoms with E-state index in [9.17, 15) is 18.7 Å². The number of nitrogens with zero attached hydrogens (tertiary/aromatic N) is 1. The van der Waals surface area contributed by atoms with Crippen LogP contribution in [0.2, 0.25) is 0 Å². The summed E-state index contributed by atoms with van der Waals surface area (Å²) in [4.78, 5) is 13.8. The minimum atomic E-state index is -0.934. The van der Waals surface area contributed by atoms with Crippen LogP contribution in [0.3, 0.4) is 0 Å². The fraction of sp³-hybridized carbons (Fsp3) is 0.500. The van der Waals surface area contributed by atoms with Gasteiger partial charge in [-0.2, -0.15) is 0 Å². The number of benzene rings is 2. The van der Waals surface area contributed by atoms with E-state index in [0.717, 1.165) is 37.4 Å². The number of carbonyl (C=O) groups is 1. The molecule has 0 radical (unpaired) electrons. The fourth-order valence-electron chi connectivity index (χ4n) is 4.77. The van der Waals surface area contributed by atoms with Crippen molar-refractivity contribution < 1.29 is 18.7 Å². The number of amides is 1. The van der Waals surface area contributed by atoms with Gasteiger partial charge < -0.3 is 20.6 Å². The van der Waals surface area contributed by atoms with Crippen molar-refractivity contribution in [3.63, 3.8) is 0 Å². The quantitative estimate of drug-likeness (QED) is 0.532. The molecule has 0 heterocycles. The van der Waals surface area contributed by atoms with E-state index < -0.39 is 23.8 Å². The number of anilines is 1. The van der Waals surface area contributed by atoms with Crippen molar-refractivity contribution in [2.45, 2.75) is 63.1 Å². The van der Waals surface area contributed by atoms with Crippen LogP contribution < -0.4 is 15.5 Å². The molecular formula is C26H35F2N3O2. The summed E-state index contributed by atoms with van der Waals surface area (Å²) in [5, 5.41) is 17.4. The third-order valence-electron chi connectivity index (χ3n) is 6.50. The maximum absolute atomic E-state index is 13.7. The summed E-state index contributed by atoms with van der Waals surface area (Å²) in [5.74, 6) is -1.66. The largest absolute Gasteiger partial charge is 0.390 e. The molecule has 0 bridgehead atoms. The van der Waals surface area contributed by atoms with Crippen molar-refractivity contribution in [1.29, 1.82) is 0 Å². The normalized spacial score (nSPS) is 17.3. The number of aliphatic hydroxyl groups is 1. The first-order valence-corrected chi connectivity index (χ1v) is 11.6. The van der Waals surface area contributed by atoms with E-state index in [-0.39, 0.29) is 24.4 Å². The van der Waals surface area contributed by atoms with Gasteiger partial charge in [0.2, 0.25) is 5.91 Å². The van der Waals surface area contributed by atoms with E-state index in [1.54, 1.807) is 0 Å². The molecule has 3 rings (SSSR count). The van der Waals surface area contributed by atoms with Gasteiger partial charge in [0, 0.05) is 44.9 Å². The summed E-state index contributed by atoms with van der Waals surface area (Å²) in [6.45, 7) is 1.61. The highest BCUT2D eigenvalue weighted by Crippen LogP contribution is 2.38. The van der Waals surface area contributed by atoms with E-state index in [1.165, 1.54) is 31.0 Å². The molecule has 0 saturated heterocycles. The van der Waals surface area contributed by atoms with Crippen LogP contribution in [0.1, 0.15) is 50.2 Å². The van der Waals surface area contributed by atoms with Gasteiger partial charge in [-0.15, -0.1) is 0 Å². The Kier molecular flexibility index (Phi) is 8.43. The smallest absolute Gasteiger partial charge is 0.217 e. The zero-order chi connectivity index (χ0) is 24.0. The number of hydrogen-bond donors (Lipinski definition) is 3. The van der Waals surface area contributed by atoms with Crippen molar-refractivity contribution in [3.8, 4) is 0 Å². The fourth-order valence-corrected chi connectivity index (χ4v) is 4.77. The Morgan fingerprint density at radius 3 is 2.36 bits per heavy atom. The van der Waals surface area contributed by atoms with Gasteiger partial charge in [0.05, 0.1) is 12.1 Å². The molecule has 0 aliphatic heterocycles. The first-order chi connectivity index (χ1) is 15.7. The highest BCUT2D eigenvalue weighted by molar-refractivity contribution is 5.73. The van der Waals surface area contributed by atoms with Crippen LogP contribution in [0.25, 0.3) is 0 Å². The summed E-state index contributed by atoms with van der Waals surface area (Å²) < 4.78 is 27.3. The lowest BCUT2D eigenvalue weighted by Gasteiger charge is -2.40. The Labute approximate surface area is 195 Å². The number of hydrogen-bond acceptors (Lipinski definition) is 4. The van der Waals surface area contributed by atoms with Gasteiger partial charge in [0.15, 0.2) is 0 Å². The number of aliphatic hydroxyl groups excluding tert-OH is 1. The maximum atomic E-state index is 13.7. The lowest BCUT2D eigenvalue weighted by atomic mass is 9.76. The van der Waals surface area contributed by atoms with E-state index in [0.29, 0.717) is 5.56 Å². The molecule has 0 spiro atoms. The van der Waals surface area contributed by atoms with Crippen molar-refractivity contribution in [3.05, 3.63) is 65.2 Å². The molecule has 2 aromatic rings. The molecule has 1 aliphatic rings. The Morgan fingerprint density at radius 1 is 1.09 bits per heavy atom. The van der Waals surface area contributed by atoms with Gasteiger partial charge >= 0.3 is 0 Å². The molecular weight excluding hydrogens is 424 g/mol. The second-order valence-electron chi connectivity index (χ2n) is 9.32. The number of nitrogens with one attached hydrogen (secondary N) is 2. The van der Waals surface area contributed by atoms with Crippen molar-refractivity contribution in [2.75, 3.05) is 25.5 Å². The first-order valence-electron chi connectivity index (χ1n) is 11.6. The molecule has 7 heteroatoms. The highest BCUT2D eigenvalue weighted by Gasteiger charge is 2.35. The van der Waals surface area contributed by atoms with Gasteiger partial charge in [0.25, 0.3) is 0 Å². The average Bonchev–Trinajstić information content (AvgIpc) is 2.77. The Bertz CT molecular complexity index is 925. The molecule has 1 amide bonds. The standard InChI is InChI=1S/C26H35F2N3O2/c1-18(32)30-24(14-19-12-21(27)16-22(28)13-19)25(33)17-29-26(10-5-4-6-11-26)20-8-7-9-23(15-20)31(2)3/h7-9,12-13,15-16,24-25,29,33H,4-6,10-11,14,17H2,1-3H3,(H,30,32). The van der Waals surface area contributed by atoms with Crippen LogP contribution in [0.4, 0.5) is 14.5 Å². The van der Waals surface area contributed by atoms with Crippen LogP contribution in [-0.2, 0) is 16.8 Å². The molecule has 180 valence electrons. The molecule has 1 saturated carbocycles. The molecule has 1 fully saturated rings. The predicted molar refractivity (Wildman–Crippen MR) is 127 cm³/mol. The summed E-state index contributed by atoms with van der Waals surface area (Å²) in [6.07, 6.45) is 4.46. The van der Waals surface area contributed by atoms with Crippen LogP contribution >= 0.6 is 0 Å². The third-order valence-corrected chi connectivity index (χ3v) is 6.50.